The Balaban J connectivity index is 1.83. The topological polar surface area (TPSA) is 49.9 Å². The number of carbonyl (C=O) groups excluding carboxylic acids is 2. The third-order valence-corrected chi connectivity index (χ3v) is 4.66. The number of amides is 2. The van der Waals surface area contributed by atoms with Crippen LogP contribution in [0.2, 0.25) is 0 Å². The average Bonchev–Trinajstić information content (AvgIpc) is 2.65. The van der Waals surface area contributed by atoms with Gasteiger partial charge in [0.1, 0.15) is 0 Å². The van der Waals surface area contributed by atoms with Crippen LogP contribution in [0.3, 0.4) is 0 Å². The number of hydrogen-bond acceptors (Lipinski definition) is 3. The molecule has 0 spiro atoms. The van der Waals surface area contributed by atoms with E-state index in [1.165, 1.54) is 12.2 Å². The molecule has 0 unspecified atom stereocenters. The van der Waals surface area contributed by atoms with E-state index in [1.54, 1.807) is 11.9 Å². The van der Waals surface area contributed by atoms with Crippen molar-refractivity contribution < 1.29 is 14.4 Å². The molecule has 2 aromatic rings. The zero-order valence-electron chi connectivity index (χ0n) is 14.1. The molecule has 24 heavy (non-hydrogen) atoms. The molecule has 1 aliphatic heterocycles. The number of hydrogen-bond donors (Lipinski definition) is 0. The van der Waals surface area contributed by atoms with Crippen LogP contribution in [0.15, 0.2) is 42.5 Å². The molecule has 1 saturated heterocycles. The van der Waals surface area contributed by atoms with Crippen LogP contribution in [0.5, 0.6) is 0 Å². The quantitative estimate of drug-likeness (QED) is 0.815. The van der Waals surface area contributed by atoms with Gasteiger partial charge in [-0.2, -0.15) is 0 Å². The van der Waals surface area contributed by atoms with E-state index in [-0.39, 0.29) is 17.7 Å². The Labute approximate surface area is 141 Å². The van der Waals surface area contributed by atoms with Crippen LogP contribution in [0, 0.1) is 5.92 Å². The maximum atomic E-state index is 13.0. The van der Waals surface area contributed by atoms with E-state index in [0.717, 1.165) is 23.6 Å². The molecule has 126 valence electrons. The summed E-state index contributed by atoms with van der Waals surface area (Å²) in [6, 6.07) is 13.6. The zero-order valence-corrected chi connectivity index (χ0v) is 14.1. The van der Waals surface area contributed by atoms with Gasteiger partial charge in [-0.25, -0.2) is 5.06 Å². The minimum Gasteiger partial charge on any atom is -0.338 e. The van der Waals surface area contributed by atoms with E-state index in [9.17, 15) is 9.59 Å². The van der Waals surface area contributed by atoms with Gasteiger partial charge in [-0.15, -0.1) is 0 Å². The summed E-state index contributed by atoms with van der Waals surface area (Å²) in [5.74, 6) is -0.292. The number of carbonyl (C=O) groups is 2. The van der Waals surface area contributed by atoms with Crippen molar-refractivity contribution in [1.29, 1.82) is 0 Å². The first-order chi connectivity index (χ1) is 11.6. The van der Waals surface area contributed by atoms with Gasteiger partial charge >= 0.3 is 0 Å². The van der Waals surface area contributed by atoms with Crippen LogP contribution in [0.4, 0.5) is 0 Å². The highest BCUT2D eigenvalue weighted by molar-refractivity contribution is 6.07. The van der Waals surface area contributed by atoms with Crippen molar-refractivity contribution in [1.82, 2.24) is 9.96 Å². The van der Waals surface area contributed by atoms with Gasteiger partial charge < -0.3 is 4.90 Å². The highest BCUT2D eigenvalue weighted by Gasteiger charge is 2.31. The lowest BCUT2D eigenvalue weighted by Crippen LogP contribution is -2.45. The molecule has 0 N–H and O–H groups in total. The molecule has 1 aliphatic rings. The number of likely N-dealkylation sites (tertiary alicyclic amines) is 1. The third-order valence-electron chi connectivity index (χ3n) is 4.66. The number of nitrogens with zero attached hydrogens (tertiary/aromatic N) is 2. The molecule has 1 atom stereocenters. The fourth-order valence-corrected chi connectivity index (χ4v) is 3.29. The Morgan fingerprint density at radius 2 is 1.92 bits per heavy atom. The maximum absolute atomic E-state index is 13.0. The van der Waals surface area contributed by atoms with Gasteiger partial charge in [0.05, 0.1) is 13.0 Å². The maximum Gasteiger partial charge on any atom is 0.254 e. The van der Waals surface area contributed by atoms with Gasteiger partial charge in [0, 0.05) is 25.7 Å². The van der Waals surface area contributed by atoms with Crippen molar-refractivity contribution in [3.63, 3.8) is 0 Å². The number of piperidine rings is 1. The van der Waals surface area contributed by atoms with Gasteiger partial charge in [-0.3, -0.25) is 14.4 Å². The highest BCUT2D eigenvalue weighted by Crippen LogP contribution is 2.24. The van der Waals surface area contributed by atoms with Crippen molar-refractivity contribution in [3.8, 4) is 0 Å². The van der Waals surface area contributed by atoms with Crippen molar-refractivity contribution in [2.75, 3.05) is 27.2 Å². The summed E-state index contributed by atoms with van der Waals surface area (Å²) in [6.45, 7) is 1.12. The number of fused-ring (bicyclic) bond motifs is 1. The number of rotatable bonds is 3. The molecule has 2 amide bonds. The molecule has 5 nitrogen and oxygen atoms in total. The molecule has 5 heteroatoms. The molecule has 1 fully saturated rings. The van der Waals surface area contributed by atoms with Gasteiger partial charge in [0.15, 0.2) is 0 Å². The normalized spacial score (nSPS) is 17.8. The van der Waals surface area contributed by atoms with Gasteiger partial charge in [-0.1, -0.05) is 36.4 Å². The van der Waals surface area contributed by atoms with E-state index < -0.39 is 0 Å². The first-order valence-electron chi connectivity index (χ1n) is 8.20. The van der Waals surface area contributed by atoms with Gasteiger partial charge in [0.25, 0.3) is 11.8 Å². The monoisotopic (exact) mass is 326 g/mol. The second-order valence-corrected chi connectivity index (χ2v) is 6.14. The van der Waals surface area contributed by atoms with Crippen molar-refractivity contribution in [2.24, 2.45) is 5.92 Å². The number of hydroxylamine groups is 2. The Kier molecular flexibility index (Phi) is 4.81. The molecule has 0 aromatic heterocycles. The fraction of sp³-hybridized carbons (Fsp3) is 0.368. The smallest absolute Gasteiger partial charge is 0.254 e. The van der Waals surface area contributed by atoms with Crippen LogP contribution >= 0.6 is 0 Å². The fourth-order valence-electron chi connectivity index (χ4n) is 3.29. The third kappa shape index (κ3) is 3.12. The summed E-state index contributed by atoms with van der Waals surface area (Å²) >= 11 is 0. The first-order valence-corrected chi connectivity index (χ1v) is 8.20. The predicted molar refractivity (Wildman–Crippen MR) is 92.4 cm³/mol. The minimum absolute atomic E-state index is 0.00984. The molecule has 3 rings (SSSR count). The second-order valence-electron chi connectivity index (χ2n) is 6.14. The second kappa shape index (κ2) is 7.01. The lowest BCUT2D eigenvalue weighted by Gasteiger charge is -2.33. The summed E-state index contributed by atoms with van der Waals surface area (Å²) in [5, 5.41) is 3.25. The average molecular weight is 326 g/mol. The minimum atomic E-state index is -0.206. The van der Waals surface area contributed by atoms with Crippen LogP contribution < -0.4 is 0 Å². The van der Waals surface area contributed by atoms with Crippen LogP contribution in [0.1, 0.15) is 23.2 Å². The van der Waals surface area contributed by atoms with Crippen molar-refractivity contribution >= 4 is 22.6 Å². The molecular weight excluding hydrogens is 304 g/mol. The van der Waals surface area contributed by atoms with Crippen LogP contribution in [-0.2, 0) is 9.63 Å². The van der Waals surface area contributed by atoms with Crippen molar-refractivity contribution in [3.05, 3.63) is 48.0 Å². The van der Waals surface area contributed by atoms with E-state index >= 15 is 0 Å². The molecule has 2 aromatic carbocycles. The van der Waals surface area contributed by atoms with Crippen molar-refractivity contribution in [2.45, 2.75) is 12.8 Å². The predicted octanol–water partition coefficient (Wildman–Crippen LogP) is 2.71. The van der Waals surface area contributed by atoms with Crippen LogP contribution in [0.25, 0.3) is 10.8 Å². The molecule has 1 heterocycles. The SMILES string of the molecule is CON(C)C(=O)[C@H]1CCCN(C(=O)c2cccc3ccccc23)C1. The van der Waals surface area contributed by atoms with Crippen LogP contribution in [-0.4, -0.2) is 49.0 Å². The van der Waals surface area contributed by atoms with E-state index in [1.807, 2.05) is 42.5 Å². The lowest BCUT2D eigenvalue weighted by atomic mass is 9.95. The highest BCUT2D eigenvalue weighted by atomic mass is 16.7. The lowest BCUT2D eigenvalue weighted by molar-refractivity contribution is -0.174. The number of benzene rings is 2. The summed E-state index contributed by atoms with van der Waals surface area (Å²) in [7, 11) is 3.08. The molecule has 0 saturated carbocycles. The van der Waals surface area contributed by atoms with Gasteiger partial charge in [0.2, 0.25) is 0 Å². The Morgan fingerprint density at radius 1 is 1.17 bits per heavy atom. The first kappa shape index (κ1) is 16.5. The summed E-state index contributed by atoms with van der Waals surface area (Å²) in [6.07, 6.45) is 1.61. The summed E-state index contributed by atoms with van der Waals surface area (Å²) in [5.41, 5.74) is 0.696. The Morgan fingerprint density at radius 3 is 2.71 bits per heavy atom. The standard InChI is InChI=1S/C19H22N2O3/c1-20(24-2)18(22)15-9-6-12-21(13-15)19(23)17-11-5-8-14-7-3-4-10-16(14)17/h3-5,7-8,10-11,15H,6,9,12-13H2,1-2H3/t15-/m0/s1. The summed E-state index contributed by atoms with van der Waals surface area (Å²) in [4.78, 5) is 32.1. The summed E-state index contributed by atoms with van der Waals surface area (Å²) < 4.78 is 0. The Bertz CT molecular complexity index is 754. The zero-order chi connectivity index (χ0) is 17.1. The molecule has 0 aliphatic carbocycles. The van der Waals surface area contributed by atoms with Gasteiger partial charge in [-0.05, 0) is 29.7 Å². The van der Waals surface area contributed by atoms with E-state index in [2.05, 4.69) is 0 Å². The van der Waals surface area contributed by atoms with E-state index in [0.29, 0.717) is 18.7 Å². The van der Waals surface area contributed by atoms with E-state index in [4.69, 9.17) is 4.84 Å². The molecular formula is C19H22N2O3. The molecule has 0 radical (unpaired) electrons. The Hall–Kier alpha value is -2.40. The largest absolute Gasteiger partial charge is 0.338 e. The molecule has 0 bridgehead atoms.